The van der Waals surface area contributed by atoms with Gasteiger partial charge in [0.25, 0.3) is 0 Å². The van der Waals surface area contributed by atoms with Gasteiger partial charge in [-0.15, -0.1) is 0 Å². The molecule has 2 amide bonds. The summed E-state index contributed by atoms with van der Waals surface area (Å²) in [7, 11) is 1.87. The maximum atomic E-state index is 13.0. The van der Waals surface area contributed by atoms with Gasteiger partial charge in [0.2, 0.25) is 11.8 Å². The summed E-state index contributed by atoms with van der Waals surface area (Å²) in [6.45, 7) is 4.99. The highest BCUT2D eigenvalue weighted by Gasteiger charge is 2.31. The molecular weight excluding hydrogens is 358 g/mol. The Bertz CT molecular complexity index is 720. The van der Waals surface area contributed by atoms with Crippen LogP contribution in [0.4, 0.5) is 5.69 Å². The van der Waals surface area contributed by atoms with Gasteiger partial charge in [-0.05, 0) is 45.0 Å². The Balaban J connectivity index is 1.90. The predicted octanol–water partition coefficient (Wildman–Crippen LogP) is 1.40. The third kappa shape index (κ3) is 4.83. The minimum absolute atomic E-state index is 0.0347. The van der Waals surface area contributed by atoms with Crippen molar-refractivity contribution in [2.45, 2.75) is 45.3 Å². The number of hydrogen-bond donors (Lipinski definition) is 3. The van der Waals surface area contributed by atoms with Crippen LogP contribution in [0.15, 0.2) is 18.2 Å². The van der Waals surface area contributed by atoms with E-state index in [9.17, 15) is 14.7 Å². The minimum atomic E-state index is -0.260. The molecule has 1 heterocycles. The van der Waals surface area contributed by atoms with E-state index in [0.29, 0.717) is 24.5 Å². The molecule has 3 N–H and O–H groups in total. The number of anilines is 1. The van der Waals surface area contributed by atoms with E-state index in [1.165, 1.54) is 0 Å². The van der Waals surface area contributed by atoms with Gasteiger partial charge in [0.05, 0.1) is 19.1 Å². The monoisotopic (exact) mass is 389 g/mol. The Labute approximate surface area is 166 Å². The molecule has 2 aliphatic rings. The average Bonchev–Trinajstić information content (AvgIpc) is 3.51. The van der Waals surface area contributed by atoms with Crippen molar-refractivity contribution in [1.82, 2.24) is 10.2 Å². The van der Waals surface area contributed by atoms with Gasteiger partial charge in [0, 0.05) is 36.2 Å². The standard InChI is InChI=1S/C21H31N3O4/c1-13-11-24(14(2)12-25)20(26)9-16-8-17(23-21(27)15-4-5-15)6-7-18(16)28-19(13)10-22-3/h6-8,13-15,19,22,25H,4-5,9-12H2,1-3H3,(H,23,27)/t13-,14+,19+/m1/s1. The molecule has 1 aliphatic carbocycles. The van der Waals surface area contributed by atoms with E-state index in [1.807, 2.05) is 32.2 Å². The van der Waals surface area contributed by atoms with Gasteiger partial charge in [0.1, 0.15) is 11.9 Å². The number of carbonyl (C=O) groups excluding carboxylic acids is 2. The Morgan fingerprint density at radius 3 is 2.79 bits per heavy atom. The van der Waals surface area contributed by atoms with Gasteiger partial charge < -0.3 is 25.4 Å². The number of hydrogen-bond acceptors (Lipinski definition) is 5. The summed E-state index contributed by atoms with van der Waals surface area (Å²) in [6, 6.07) is 5.24. The minimum Gasteiger partial charge on any atom is -0.488 e. The molecule has 0 spiro atoms. The molecule has 0 radical (unpaired) electrons. The second kappa shape index (κ2) is 8.92. The third-order valence-corrected chi connectivity index (χ3v) is 5.54. The highest BCUT2D eigenvalue weighted by Crippen LogP contribution is 2.32. The van der Waals surface area contributed by atoms with Crippen molar-refractivity contribution in [2.24, 2.45) is 11.8 Å². The van der Waals surface area contributed by atoms with Crippen LogP contribution in [0, 0.1) is 11.8 Å². The molecule has 0 aromatic heterocycles. The zero-order valence-corrected chi connectivity index (χ0v) is 16.9. The molecule has 0 bridgehead atoms. The zero-order chi connectivity index (χ0) is 20.3. The van der Waals surface area contributed by atoms with Gasteiger partial charge >= 0.3 is 0 Å². The number of aliphatic hydroxyl groups excluding tert-OH is 1. The van der Waals surface area contributed by atoms with E-state index in [0.717, 1.165) is 18.4 Å². The van der Waals surface area contributed by atoms with Crippen molar-refractivity contribution in [3.05, 3.63) is 23.8 Å². The average molecular weight is 389 g/mol. The first kappa shape index (κ1) is 20.6. The molecule has 1 saturated carbocycles. The first-order chi connectivity index (χ1) is 13.4. The number of nitrogens with zero attached hydrogens (tertiary/aromatic N) is 1. The van der Waals surface area contributed by atoms with Gasteiger partial charge in [-0.3, -0.25) is 9.59 Å². The van der Waals surface area contributed by atoms with Gasteiger partial charge in [-0.2, -0.15) is 0 Å². The number of rotatable bonds is 6. The molecule has 0 unspecified atom stereocenters. The molecular formula is C21H31N3O4. The summed E-state index contributed by atoms with van der Waals surface area (Å²) in [5.41, 5.74) is 1.44. The zero-order valence-electron chi connectivity index (χ0n) is 16.9. The number of benzene rings is 1. The number of fused-ring (bicyclic) bond motifs is 1. The van der Waals surface area contributed by atoms with Gasteiger partial charge in [-0.25, -0.2) is 0 Å². The largest absolute Gasteiger partial charge is 0.488 e. The normalized spacial score (nSPS) is 23.7. The fraction of sp³-hybridized carbons (Fsp3) is 0.619. The number of carbonyl (C=O) groups is 2. The maximum Gasteiger partial charge on any atom is 0.227 e. The lowest BCUT2D eigenvalue weighted by atomic mass is 10.0. The van der Waals surface area contributed by atoms with Crippen LogP contribution in [0.25, 0.3) is 0 Å². The first-order valence-corrected chi connectivity index (χ1v) is 10.1. The molecule has 7 heteroatoms. The third-order valence-electron chi connectivity index (χ3n) is 5.54. The number of amides is 2. The van der Waals surface area contributed by atoms with Crippen LogP contribution in [0.5, 0.6) is 5.75 Å². The van der Waals surface area contributed by atoms with Crippen molar-refractivity contribution in [1.29, 1.82) is 0 Å². The molecule has 28 heavy (non-hydrogen) atoms. The molecule has 154 valence electrons. The number of likely N-dealkylation sites (N-methyl/N-ethyl adjacent to an activating group) is 1. The van der Waals surface area contributed by atoms with Crippen molar-refractivity contribution in [3.8, 4) is 5.75 Å². The summed E-state index contributed by atoms with van der Waals surface area (Å²) in [4.78, 5) is 26.8. The molecule has 7 nitrogen and oxygen atoms in total. The molecule has 0 saturated heterocycles. The van der Waals surface area contributed by atoms with Crippen LogP contribution in [0.3, 0.4) is 0 Å². The lowest BCUT2D eigenvalue weighted by Gasteiger charge is -2.32. The highest BCUT2D eigenvalue weighted by atomic mass is 16.5. The summed E-state index contributed by atoms with van der Waals surface area (Å²) in [5, 5.41) is 15.7. The Morgan fingerprint density at radius 2 is 2.14 bits per heavy atom. The van der Waals surface area contributed by atoms with Crippen molar-refractivity contribution < 1.29 is 19.4 Å². The smallest absolute Gasteiger partial charge is 0.227 e. The van der Waals surface area contributed by atoms with Gasteiger partial charge in [-0.1, -0.05) is 6.92 Å². The maximum absolute atomic E-state index is 13.0. The van der Waals surface area contributed by atoms with Crippen LogP contribution in [0.1, 0.15) is 32.3 Å². The van der Waals surface area contributed by atoms with Crippen LogP contribution in [0.2, 0.25) is 0 Å². The van der Waals surface area contributed by atoms with E-state index < -0.39 is 0 Å². The molecule has 3 atom stereocenters. The lowest BCUT2D eigenvalue weighted by molar-refractivity contribution is -0.134. The van der Waals surface area contributed by atoms with Crippen molar-refractivity contribution >= 4 is 17.5 Å². The quantitative estimate of drug-likeness (QED) is 0.684. The lowest BCUT2D eigenvalue weighted by Crippen LogP contribution is -2.47. The molecule has 1 fully saturated rings. The topological polar surface area (TPSA) is 90.9 Å². The highest BCUT2D eigenvalue weighted by molar-refractivity contribution is 5.94. The van der Waals surface area contributed by atoms with E-state index in [4.69, 9.17) is 4.74 Å². The van der Waals surface area contributed by atoms with Crippen molar-refractivity contribution in [3.63, 3.8) is 0 Å². The van der Waals surface area contributed by atoms with Crippen LogP contribution in [-0.2, 0) is 16.0 Å². The van der Waals surface area contributed by atoms with Crippen molar-refractivity contribution in [2.75, 3.05) is 32.1 Å². The molecule has 1 aromatic rings. The summed E-state index contributed by atoms with van der Waals surface area (Å²) in [6.07, 6.45) is 1.94. The number of nitrogens with one attached hydrogen (secondary N) is 2. The second-order valence-electron chi connectivity index (χ2n) is 8.03. The first-order valence-electron chi connectivity index (χ1n) is 10.1. The summed E-state index contributed by atoms with van der Waals surface area (Å²) >= 11 is 0. The van der Waals surface area contributed by atoms with E-state index >= 15 is 0 Å². The Hall–Kier alpha value is -2.12. The molecule has 1 aliphatic heterocycles. The van der Waals surface area contributed by atoms with E-state index in [2.05, 4.69) is 17.6 Å². The van der Waals surface area contributed by atoms with Gasteiger partial charge in [0.15, 0.2) is 0 Å². The predicted molar refractivity (Wildman–Crippen MR) is 107 cm³/mol. The molecule has 3 rings (SSSR count). The fourth-order valence-corrected chi connectivity index (χ4v) is 3.54. The van der Waals surface area contributed by atoms with E-state index in [1.54, 1.807) is 4.90 Å². The van der Waals surface area contributed by atoms with Crippen LogP contribution in [-0.4, -0.2) is 60.7 Å². The molecule has 1 aromatic carbocycles. The fourth-order valence-electron chi connectivity index (χ4n) is 3.54. The summed E-state index contributed by atoms with van der Waals surface area (Å²) < 4.78 is 6.28. The summed E-state index contributed by atoms with van der Waals surface area (Å²) in [5.74, 6) is 0.861. The second-order valence-corrected chi connectivity index (χ2v) is 8.03. The Kier molecular flexibility index (Phi) is 6.57. The van der Waals surface area contributed by atoms with Crippen LogP contribution < -0.4 is 15.4 Å². The van der Waals surface area contributed by atoms with E-state index in [-0.39, 0.29) is 48.8 Å². The number of ether oxygens (including phenoxy) is 1. The Morgan fingerprint density at radius 1 is 1.39 bits per heavy atom. The van der Waals surface area contributed by atoms with Crippen LogP contribution >= 0.6 is 0 Å². The SMILES string of the molecule is CNC[C@@H]1Oc2ccc(NC(=O)C3CC3)cc2CC(=O)N([C@@H](C)CO)C[C@H]1C. The number of aliphatic hydroxyl groups is 1.